The van der Waals surface area contributed by atoms with Crippen LogP contribution in [-0.4, -0.2) is 51.5 Å². The Morgan fingerprint density at radius 2 is 2.44 bits per heavy atom. The zero-order valence-corrected chi connectivity index (χ0v) is 10.1. The Morgan fingerprint density at radius 1 is 1.62 bits per heavy atom. The molecule has 2 atom stereocenters. The minimum Gasteiger partial charge on any atom is -0.383 e. The third-order valence-electron chi connectivity index (χ3n) is 2.51. The topological polar surface area (TPSA) is 59.6 Å². The number of carbonyl (C=O) groups is 1. The maximum Gasteiger partial charge on any atom is 0.234 e. The van der Waals surface area contributed by atoms with Crippen LogP contribution in [0.5, 0.6) is 0 Å². The van der Waals surface area contributed by atoms with E-state index >= 15 is 0 Å². The van der Waals surface area contributed by atoms with E-state index in [2.05, 4.69) is 10.6 Å². The van der Waals surface area contributed by atoms with Gasteiger partial charge >= 0.3 is 0 Å². The van der Waals surface area contributed by atoms with E-state index < -0.39 is 0 Å². The summed E-state index contributed by atoms with van der Waals surface area (Å²) in [6, 6.07) is 0.0574. The molecule has 5 nitrogen and oxygen atoms in total. The van der Waals surface area contributed by atoms with Gasteiger partial charge < -0.3 is 20.1 Å². The third kappa shape index (κ3) is 5.44. The van der Waals surface area contributed by atoms with Gasteiger partial charge in [0.25, 0.3) is 0 Å². The van der Waals surface area contributed by atoms with E-state index in [1.807, 2.05) is 6.92 Å². The van der Waals surface area contributed by atoms with Crippen LogP contribution in [0, 0.1) is 0 Å². The minimum absolute atomic E-state index is 0.00236. The molecule has 1 rings (SSSR count). The first-order valence-electron chi connectivity index (χ1n) is 5.83. The lowest BCUT2D eigenvalue weighted by Crippen LogP contribution is -2.42. The summed E-state index contributed by atoms with van der Waals surface area (Å²) in [6.45, 7) is 4.41. The van der Waals surface area contributed by atoms with Crippen LogP contribution in [0.4, 0.5) is 0 Å². The molecule has 1 saturated heterocycles. The summed E-state index contributed by atoms with van der Waals surface area (Å²) >= 11 is 0. The van der Waals surface area contributed by atoms with Gasteiger partial charge in [-0.3, -0.25) is 4.79 Å². The highest BCUT2D eigenvalue weighted by Crippen LogP contribution is 2.10. The lowest BCUT2D eigenvalue weighted by molar-refractivity contribution is -0.121. The predicted octanol–water partition coefficient (Wildman–Crippen LogP) is -0.0939. The van der Waals surface area contributed by atoms with Crippen molar-refractivity contribution >= 4 is 5.91 Å². The number of ether oxygens (including phenoxy) is 2. The van der Waals surface area contributed by atoms with Gasteiger partial charge in [-0.15, -0.1) is 0 Å². The molecule has 1 heterocycles. The Kier molecular flexibility index (Phi) is 6.37. The first-order valence-corrected chi connectivity index (χ1v) is 5.83. The van der Waals surface area contributed by atoms with Crippen LogP contribution in [0.15, 0.2) is 0 Å². The van der Waals surface area contributed by atoms with Gasteiger partial charge in [0.2, 0.25) is 5.91 Å². The molecule has 1 aliphatic heterocycles. The fraction of sp³-hybridized carbons (Fsp3) is 0.909. The summed E-state index contributed by atoms with van der Waals surface area (Å²) in [5, 5.41) is 5.94. The molecule has 94 valence electrons. The van der Waals surface area contributed by atoms with Crippen molar-refractivity contribution in [3.8, 4) is 0 Å². The second kappa shape index (κ2) is 7.60. The van der Waals surface area contributed by atoms with Gasteiger partial charge in [0, 0.05) is 26.3 Å². The lowest BCUT2D eigenvalue weighted by atomic mass is 10.2. The standard InChI is InChI=1S/C11H22N2O3/c1-9(8-15-2)13-11(14)7-12-6-10-4-3-5-16-10/h9-10,12H,3-8H2,1-2H3,(H,13,14). The van der Waals surface area contributed by atoms with Crippen LogP contribution in [0.3, 0.4) is 0 Å². The molecule has 0 aromatic heterocycles. The molecule has 2 N–H and O–H groups in total. The molecule has 5 heteroatoms. The number of methoxy groups -OCH3 is 1. The summed E-state index contributed by atoms with van der Waals surface area (Å²) < 4.78 is 10.4. The SMILES string of the molecule is COCC(C)NC(=O)CNCC1CCCO1. The van der Waals surface area contributed by atoms with Crippen LogP contribution in [0.1, 0.15) is 19.8 Å². The van der Waals surface area contributed by atoms with Crippen LogP contribution >= 0.6 is 0 Å². The Labute approximate surface area is 96.9 Å². The van der Waals surface area contributed by atoms with Gasteiger partial charge in [0.05, 0.1) is 19.3 Å². The monoisotopic (exact) mass is 230 g/mol. The lowest BCUT2D eigenvalue weighted by Gasteiger charge is -2.14. The number of amides is 1. The smallest absolute Gasteiger partial charge is 0.234 e. The molecule has 0 aliphatic carbocycles. The van der Waals surface area contributed by atoms with Crippen LogP contribution in [0.25, 0.3) is 0 Å². The molecule has 0 saturated carbocycles. The number of hydrogen-bond donors (Lipinski definition) is 2. The van der Waals surface area contributed by atoms with Gasteiger partial charge in [0.15, 0.2) is 0 Å². The van der Waals surface area contributed by atoms with Gasteiger partial charge in [-0.05, 0) is 19.8 Å². The van der Waals surface area contributed by atoms with E-state index in [1.165, 1.54) is 0 Å². The normalized spacial score (nSPS) is 22.0. The van der Waals surface area contributed by atoms with Crippen LogP contribution < -0.4 is 10.6 Å². The Balaban J connectivity index is 2.01. The molecule has 0 radical (unpaired) electrons. The minimum atomic E-state index is 0.00236. The third-order valence-corrected chi connectivity index (χ3v) is 2.51. The molecule has 0 aromatic rings. The average Bonchev–Trinajstić information content (AvgIpc) is 2.70. The van der Waals surface area contributed by atoms with Crippen molar-refractivity contribution in [3.63, 3.8) is 0 Å². The van der Waals surface area contributed by atoms with E-state index in [0.717, 1.165) is 26.0 Å². The van der Waals surface area contributed by atoms with E-state index in [0.29, 0.717) is 13.2 Å². The molecule has 0 bridgehead atoms. The summed E-state index contributed by atoms with van der Waals surface area (Å²) in [7, 11) is 1.62. The summed E-state index contributed by atoms with van der Waals surface area (Å²) in [5.74, 6) is 0.00236. The molecule has 0 aromatic carbocycles. The first kappa shape index (κ1) is 13.4. The van der Waals surface area contributed by atoms with Crippen molar-refractivity contribution < 1.29 is 14.3 Å². The quantitative estimate of drug-likeness (QED) is 0.641. The zero-order valence-electron chi connectivity index (χ0n) is 10.1. The predicted molar refractivity (Wildman–Crippen MR) is 61.3 cm³/mol. The van der Waals surface area contributed by atoms with Crippen molar-refractivity contribution in [1.82, 2.24) is 10.6 Å². The van der Waals surface area contributed by atoms with Crippen LogP contribution in [-0.2, 0) is 14.3 Å². The average molecular weight is 230 g/mol. The summed E-state index contributed by atoms with van der Waals surface area (Å²) in [6.07, 6.45) is 2.50. The largest absolute Gasteiger partial charge is 0.383 e. The highest BCUT2D eigenvalue weighted by molar-refractivity contribution is 5.78. The summed E-state index contributed by atoms with van der Waals surface area (Å²) in [4.78, 5) is 11.4. The number of carbonyl (C=O) groups excluding carboxylic acids is 1. The van der Waals surface area contributed by atoms with Gasteiger partial charge in [-0.1, -0.05) is 0 Å². The Bertz CT molecular complexity index is 205. The van der Waals surface area contributed by atoms with E-state index in [-0.39, 0.29) is 18.1 Å². The molecule has 0 spiro atoms. The maximum atomic E-state index is 11.4. The summed E-state index contributed by atoms with van der Waals surface area (Å²) in [5.41, 5.74) is 0. The first-order chi connectivity index (χ1) is 7.72. The Hall–Kier alpha value is -0.650. The highest BCUT2D eigenvalue weighted by atomic mass is 16.5. The maximum absolute atomic E-state index is 11.4. The molecule has 1 fully saturated rings. The van der Waals surface area contributed by atoms with Gasteiger partial charge in [-0.2, -0.15) is 0 Å². The molecule has 1 amide bonds. The number of rotatable bonds is 7. The number of nitrogens with one attached hydrogen (secondary N) is 2. The molecular weight excluding hydrogens is 208 g/mol. The fourth-order valence-corrected chi connectivity index (χ4v) is 1.77. The van der Waals surface area contributed by atoms with E-state index in [4.69, 9.17) is 9.47 Å². The second-order valence-electron chi connectivity index (χ2n) is 4.19. The van der Waals surface area contributed by atoms with Gasteiger partial charge in [0.1, 0.15) is 0 Å². The van der Waals surface area contributed by atoms with Crippen molar-refractivity contribution in [2.75, 3.05) is 33.4 Å². The second-order valence-corrected chi connectivity index (χ2v) is 4.19. The van der Waals surface area contributed by atoms with E-state index in [9.17, 15) is 4.79 Å². The van der Waals surface area contributed by atoms with Crippen molar-refractivity contribution in [2.24, 2.45) is 0 Å². The van der Waals surface area contributed by atoms with Gasteiger partial charge in [-0.25, -0.2) is 0 Å². The van der Waals surface area contributed by atoms with Crippen molar-refractivity contribution in [3.05, 3.63) is 0 Å². The van der Waals surface area contributed by atoms with Crippen molar-refractivity contribution in [2.45, 2.75) is 31.9 Å². The number of hydrogen-bond acceptors (Lipinski definition) is 4. The molecular formula is C11H22N2O3. The molecule has 16 heavy (non-hydrogen) atoms. The van der Waals surface area contributed by atoms with Crippen LogP contribution in [0.2, 0.25) is 0 Å². The van der Waals surface area contributed by atoms with Crippen molar-refractivity contribution in [1.29, 1.82) is 0 Å². The highest BCUT2D eigenvalue weighted by Gasteiger charge is 2.15. The zero-order chi connectivity index (χ0) is 11.8. The van der Waals surface area contributed by atoms with E-state index in [1.54, 1.807) is 7.11 Å². The molecule has 2 unspecified atom stereocenters. The fourth-order valence-electron chi connectivity index (χ4n) is 1.77. The Morgan fingerprint density at radius 3 is 3.06 bits per heavy atom. The molecule has 1 aliphatic rings.